The summed E-state index contributed by atoms with van der Waals surface area (Å²) in [7, 11) is 2.11. The first-order valence-corrected chi connectivity index (χ1v) is 4.26. The van der Waals surface area contributed by atoms with Crippen molar-refractivity contribution in [1.82, 2.24) is 0 Å². The number of nitrogens with zero attached hydrogens (tertiary/aromatic N) is 1. The van der Waals surface area contributed by atoms with Crippen LogP contribution in [0.5, 0.6) is 0 Å². The highest BCUT2D eigenvalue weighted by Gasteiger charge is 2.34. The van der Waals surface area contributed by atoms with Crippen molar-refractivity contribution in [3.63, 3.8) is 0 Å². The number of esters is 2. The molecule has 0 rings (SSSR count). The van der Waals surface area contributed by atoms with Crippen LogP contribution in [0.25, 0.3) is 0 Å². The Balaban J connectivity index is 4.80. The molecule has 0 aromatic rings. The van der Waals surface area contributed by atoms with E-state index < -0.39 is 36.2 Å². The predicted molar refractivity (Wildman–Crippen MR) is 48.9 cm³/mol. The number of carboxylic acids is 1. The quantitative estimate of drug-likeness (QED) is 0.502. The summed E-state index contributed by atoms with van der Waals surface area (Å²) in [4.78, 5) is 32.9. The molecule has 0 aliphatic rings. The highest BCUT2D eigenvalue weighted by atomic mass is 16.5. The smallest absolute Gasteiger partial charge is 0.320 e. The van der Waals surface area contributed by atoms with Gasteiger partial charge in [-0.15, -0.1) is 0 Å². The Kier molecular flexibility index (Phi) is 5.56. The minimum Gasteiger partial charge on any atom is -0.480 e. The average molecular weight is 229 g/mol. The zero-order valence-corrected chi connectivity index (χ0v) is 8.80. The first-order valence-electron chi connectivity index (χ1n) is 4.26. The Morgan fingerprint density at radius 1 is 1.25 bits per heavy atom. The topological polar surface area (TPSA) is 114 Å². The lowest BCUT2D eigenvalue weighted by Crippen LogP contribution is -2.30. The first-order chi connectivity index (χ1) is 7.47. The Morgan fingerprint density at radius 2 is 1.69 bits per heavy atom. The largest absolute Gasteiger partial charge is 0.480 e. The number of carbonyl (C=O) groups is 3. The summed E-state index contributed by atoms with van der Waals surface area (Å²) in [6.45, 7) is 0. The van der Waals surface area contributed by atoms with Crippen LogP contribution in [0.2, 0.25) is 0 Å². The van der Waals surface area contributed by atoms with Crippen LogP contribution in [-0.2, 0) is 23.9 Å². The van der Waals surface area contributed by atoms with Crippen LogP contribution in [0.3, 0.4) is 0 Å². The molecule has 0 heterocycles. The first kappa shape index (κ1) is 13.9. The Morgan fingerprint density at radius 3 is 1.94 bits per heavy atom. The molecule has 88 valence electrons. The number of aliphatic carboxylic acids is 1. The minimum absolute atomic E-state index is 0.467. The number of rotatable bonds is 5. The molecule has 0 saturated heterocycles. The van der Waals surface area contributed by atoms with Crippen LogP contribution in [0, 0.1) is 23.2 Å². The van der Waals surface area contributed by atoms with E-state index in [0.717, 1.165) is 14.2 Å². The fourth-order valence-corrected chi connectivity index (χ4v) is 1.02. The van der Waals surface area contributed by atoms with Crippen LogP contribution in [0.15, 0.2) is 0 Å². The van der Waals surface area contributed by atoms with Gasteiger partial charge in [0, 0.05) is 0 Å². The molecule has 0 radical (unpaired) electrons. The van der Waals surface area contributed by atoms with Crippen LogP contribution < -0.4 is 0 Å². The van der Waals surface area contributed by atoms with E-state index in [1.54, 1.807) is 0 Å². The van der Waals surface area contributed by atoms with Gasteiger partial charge in [-0.05, 0) is 6.42 Å². The summed E-state index contributed by atoms with van der Waals surface area (Å²) >= 11 is 0. The Labute approximate surface area is 91.6 Å². The summed E-state index contributed by atoms with van der Waals surface area (Å²) in [5, 5.41) is 17.1. The number of carboxylic acid groups (broad SMARTS) is 1. The van der Waals surface area contributed by atoms with Gasteiger partial charge in [0.05, 0.1) is 20.3 Å². The number of methoxy groups -OCH3 is 2. The van der Waals surface area contributed by atoms with Gasteiger partial charge in [0.25, 0.3) is 0 Å². The second-order valence-electron chi connectivity index (χ2n) is 2.85. The van der Waals surface area contributed by atoms with Crippen molar-refractivity contribution < 1.29 is 29.0 Å². The SMILES string of the molecule is COC(=O)C(CC(C#N)C(=O)O)C(=O)OC. The molecule has 16 heavy (non-hydrogen) atoms. The molecule has 0 aliphatic carbocycles. The van der Waals surface area contributed by atoms with E-state index in [2.05, 4.69) is 9.47 Å². The number of hydrogen-bond acceptors (Lipinski definition) is 6. The van der Waals surface area contributed by atoms with Gasteiger partial charge >= 0.3 is 17.9 Å². The molecule has 0 bridgehead atoms. The third-order valence-corrected chi connectivity index (χ3v) is 1.90. The molecule has 0 saturated carbocycles. The highest BCUT2D eigenvalue weighted by Crippen LogP contribution is 2.15. The fourth-order valence-electron chi connectivity index (χ4n) is 1.02. The minimum atomic E-state index is -1.46. The van der Waals surface area contributed by atoms with E-state index in [9.17, 15) is 14.4 Å². The van der Waals surface area contributed by atoms with E-state index >= 15 is 0 Å². The van der Waals surface area contributed by atoms with E-state index in [1.165, 1.54) is 6.07 Å². The lowest BCUT2D eigenvalue weighted by molar-refractivity contribution is -0.159. The average Bonchev–Trinajstić information content (AvgIpc) is 2.28. The summed E-state index contributed by atoms with van der Waals surface area (Å²) < 4.78 is 8.64. The molecule has 7 nitrogen and oxygen atoms in total. The van der Waals surface area contributed by atoms with Crippen molar-refractivity contribution in [2.24, 2.45) is 11.8 Å². The zero-order valence-electron chi connectivity index (χ0n) is 8.80. The molecule has 0 aliphatic heterocycles. The van der Waals surface area contributed by atoms with Gasteiger partial charge in [0.15, 0.2) is 5.92 Å². The number of nitriles is 1. The second kappa shape index (κ2) is 6.40. The maximum atomic E-state index is 11.2. The van der Waals surface area contributed by atoms with Gasteiger partial charge in [-0.2, -0.15) is 5.26 Å². The van der Waals surface area contributed by atoms with E-state index in [1.807, 2.05) is 0 Å². The molecule has 0 amide bonds. The monoisotopic (exact) mass is 229 g/mol. The van der Waals surface area contributed by atoms with Gasteiger partial charge in [-0.1, -0.05) is 0 Å². The van der Waals surface area contributed by atoms with Gasteiger partial charge in [0.2, 0.25) is 0 Å². The molecular weight excluding hydrogens is 218 g/mol. The van der Waals surface area contributed by atoms with Crippen LogP contribution in [0.4, 0.5) is 0 Å². The molecule has 0 spiro atoms. The zero-order chi connectivity index (χ0) is 12.7. The van der Waals surface area contributed by atoms with Crippen LogP contribution >= 0.6 is 0 Å². The maximum absolute atomic E-state index is 11.2. The Bertz CT molecular complexity index is 315. The molecule has 7 heteroatoms. The van der Waals surface area contributed by atoms with Gasteiger partial charge in [-0.3, -0.25) is 14.4 Å². The molecular formula is C9H11NO6. The van der Waals surface area contributed by atoms with Gasteiger partial charge in [0.1, 0.15) is 5.92 Å². The normalized spacial score (nSPS) is 11.4. The number of ether oxygens (including phenoxy) is 2. The number of hydrogen-bond donors (Lipinski definition) is 1. The van der Waals surface area contributed by atoms with Crippen molar-refractivity contribution in [3.8, 4) is 6.07 Å². The summed E-state index contributed by atoms with van der Waals surface area (Å²) in [5.74, 6) is -6.10. The maximum Gasteiger partial charge on any atom is 0.320 e. The molecule has 1 N–H and O–H groups in total. The standard InChI is InChI=1S/C9H11NO6/c1-15-8(13)6(9(14)16-2)3-5(4-10)7(11)12/h5-6H,3H2,1-2H3,(H,11,12). The molecule has 1 atom stereocenters. The van der Waals surface area contributed by atoms with Gasteiger partial charge in [-0.25, -0.2) is 0 Å². The summed E-state index contributed by atoms with van der Waals surface area (Å²) in [6.07, 6.45) is -0.467. The van der Waals surface area contributed by atoms with E-state index in [-0.39, 0.29) is 0 Å². The van der Waals surface area contributed by atoms with Crippen LogP contribution in [0.1, 0.15) is 6.42 Å². The van der Waals surface area contributed by atoms with Gasteiger partial charge < -0.3 is 14.6 Å². The molecule has 1 unspecified atom stereocenters. The van der Waals surface area contributed by atoms with E-state index in [0.29, 0.717) is 0 Å². The summed E-state index contributed by atoms with van der Waals surface area (Å²) in [5.41, 5.74) is 0. The molecule has 0 aromatic carbocycles. The van der Waals surface area contributed by atoms with Crippen molar-refractivity contribution in [3.05, 3.63) is 0 Å². The lowest BCUT2D eigenvalue weighted by atomic mass is 9.95. The predicted octanol–water partition coefficient (Wildman–Crippen LogP) is -0.437. The van der Waals surface area contributed by atoms with Crippen molar-refractivity contribution in [2.45, 2.75) is 6.42 Å². The van der Waals surface area contributed by atoms with Crippen molar-refractivity contribution in [1.29, 1.82) is 5.26 Å². The van der Waals surface area contributed by atoms with Crippen LogP contribution in [-0.4, -0.2) is 37.2 Å². The fraction of sp³-hybridized carbons (Fsp3) is 0.556. The second-order valence-corrected chi connectivity index (χ2v) is 2.85. The third kappa shape index (κ3) is 3.57. The Hall–Kier alpha value is -2.10. The van der Waals surface area contributed by atoms with Crippen molar-refractivity contribution >= 4 is 17.9 Å². The molecule has 0 aromatic heterocycles. The lowest BCUT2D eigenvalue weighted by Gasteiger charge is -2.13. The highest BCUT2D eigenvalue weighted by molar-refractivity contribution is 5.95. The summed E-state index contributed by atoms with van der Waals surface area (Å²) in [6, 6.07) is 1.47. The number of carbonyl (C=O) groups excluding carboxylic acids is 2. The van der Waals surface area contributed by atoms with E-state index in [4.69, 9.17) is 10.4 Å². The third-order valence-electron chi connectivity index (χ3n) is 1.90. The molecule has 0 fully saturated rings. The van der Waals surface area contributed by atoms with Crippen molar-refractivity contribution in [2.75, 3.05) is 14.2 Å².